The molecule has 0 spiro atoms. The molecule has 1 heterocycles. The smallest absolute Gasteiger partial charge is 0.191 e. The average molecular weight is 422 g/mol. The number of aryl methyl sites for hydroxylation is 1. The molecule has 0 unspecified atom stereocenters. The SMILES string of the molecule is [C-]#[N+]c1cc2c(Oc3ccc(CC(=O)Cc4ccc(OC)cc4)cc3)ccnc2cc1C. The normalized spacial score (nSPS) is 10.5. The Morgan fingerprint density at radius 1 is 0.938 bits per heavy atom. The van der Waals surface area contributed by atoms with Crippen LogP contribution in [0.5, 0.6) is 17.2 Å². The van der Waals surface area contributed by atoms with Gasteiger partial charge in [-0.1, -0.05) is 24.3 Å². The Morgan fingerprint density at radius 3 is 2.16 bits per heavy atom. The first-order valence-corrected chi connectivity index (χ1v) is 10.2. The van der Waals surface area contributed by atoms with Gasteiger partial charge in [-0.15, -0.1) is 0 Å². The van der Waals surface area contributed by atoms with Crippen molar-refractivity contribution in [2.75, 3.05) is 7.11 Å². The van der Waals surface area contributed by atoms with Gasteiger partial charge in [-0.25, -0.2) is 4.85 Å². The Morgan fingerprint density at radius 2 is 1.56 bits per heavy atom. The molecule has 0 saturated heterocycles. The van der Waals surface area contributed by atoms with E-state index in [-0.39, 0.29) is 5.78 Å². The molecule has 32 heavy (non-hydrogen) atoms. The van der Waals surface area contributed by atoms with Crippen LogP contribution in [0.1, 0.15) is 16.7 Å². The molecule has 1 aromatic heterocycles. The van der Waals surface area contributed by atoms with E-state index in [2.05, 4.69) is 9.83 Å². The van der Waals surface area contributed by atoms with Gasteiger partial charge in [0, 0.05) is 24.4 Å². The van der Waals surface area contributed by atoms with Gasteiger partial charge in [0.25, 0.3) is 0 Å². The van der Waals surface area contributed by atoms with E-state index in [0.717, 1.165) is 33.3 Å². The molecule has 5 heteroatoms. The summed E-state index contributed by atoms with van der Waals surface area (Å²) in [7, 11) is 1.62. The first-order valence-electron chi connectivity index (χ1n) is 10.2. The summed E-state index contributed by atoms with van der Waals surface area (Å²) in [5.41, 5.74) is 4.16. The first kappa shape index (κ1) is 21.1. The Labute approximate surface area is 187 Å². The van der Waals surface area contributed by atoms with E-state index in [1.54, 1.807) is 19.4 Å². The molecule has 5 nitrogen and oxygen atoms in total. The highest BCUT2D eigenvalue weighted by molar-refractivity contribution is 5.89. The zero-order chi connectivity index (χ0) is 22.5. The maximum Gasteiger partial charge on any atom is 0.191 e. The highest BCUT2D eigenvalue weighted by atomic mass is 16.5. The molecule has 4 aromatic rings. The maximum absolute atomic E-state index is 12.5. The van der Waals surface area contributed by atoms with Gasteiger partial charge in [-0.05, 0) is 66.1 Å². The van der Waals surface area contributed by atoms with E-state index in [9.17, 15) is 4.79 Å². The molecule has 0 fully saturated rings. The van der Waals surface area contributed by atoms with Gasteiger partial charge in [0.1, 0.15) is 23.0 Å². The number of methoxy groups -OCH3 is 1. The van der Waals surface area contributed by atoms with E-state index < -0.39 is 0 Å². The molecule has 0 atom stereocenters. The molecular weight excluding hydrogens is 400 g/mol. The zero-order valence-corrected chi connectivity index (χ0v) is 18.0. The molecule has 0 aliphatic heterocycles. The molecule has 0 bridgehead atoms. The summed E-state index contributed by atoms with van der Waals surface area (Å²) in [5, 5.41) is 0.794. The lowest BCUT2D eigenvalue weighted by Gasteiger charge is -2.10. The molecule has 4 rings (SSSR count). The lowest BCUT2D eigenvalue weighted by Crippen LogP contribution is -2.06. The van der Waals surface area contributed by atoms with E-state index in [1.165, 1.54) is 0 Å². The maximum atomic E-state index is 12.5. The molecule has 3 aromatic carbocycles. The van der Waals surface area contributed by atoms with Crippen molar-refractivity contribution in [2.24, 2.45) is 0 Å². The van der Waals surface area contributed by atoms with Gasteiger partial charge in [0.15, 0.2) is 5.69 Å². The number of hydrogen-bond donors (Lipinski definition) is 0. The topological polar surface area (TPSA) is 52.8 Å². The average Bonchev–Trinajstić information content (AvgIpc) is 2.80. The summed E-state index contributed by atoms with van der Waals surface area (Å²) in [6.07, 6.45) is 2.44. The van der Waals surface area contributed by atoms with Crippen LogP contribution in [0.2, 0.25) is 0 Å². The molecule has 158 valence electrons. The van der Waals surface area contributed by atoms with Crippen molar-refractivity contribution in [3.05, 3.63) is 101 Å². The third-order valence-electron chi connectivity index (χ3n) is 5.25. The molecule has 0 saturated carbocycles. The van der Waals surface area contributed by atoms with Crippen molar-refractivity contribution in [2.45, 2.75) is 19.8 Å². The summed E-state index contributed by atoms with van der Waals surface area (Å²) in [6, 6.07) is 20.6. The van der Waals surface area contributed by atoms with Crippen molar-refractivity contribution in [1.29, 1.82) is 0 Å². The van der Waals surface area contributed by atoms with E-state index >= 15 is 0 Å². The fraction of sp³-hybridized carbons (Fsp3) is 0.148. The lowest BCUT2D eigenvalue weighted by molar-refractivity contribution is -0.117. The fourth-order valence-corrected chi connectivity index (χ4v) is 3.53. The summed E-state index contributed by atoms with van der Waals surface area (Å²) in [6.45, 7) is 9.25. The third-order valence-corrected chi connectivity index (χ3v) is 5.25. The number of carbonyl (C=O) groups is 1. The quantitative estimate of drug-likeness (QED) is 0.330. The van der Waals surface area contributed by atoms with Crippen LogP contribution in [0.3, 0.4) is 0 Å². The van der Waals surface area contributed by atoms with Gasteiger partial charge < -0.3 is 9.47 Å². The fourth-order valence-electron chi connectivity index (χ4n) is 3.53. The van der Waals surface area contributed by atoms with Crippen LogP contribution in [0.15, 0.2) is 72.9 Å². The van der Waals surface area contributed by atoms with Crippen molar-refractivity contribution in [1.82, 2.24) is 4.98 Å². The van der Waals surface area contributed by atoms with Crippen LogP contribution in [0.4, 0.5) is 5.69 Å². The second-order valence-corrected chi connectivity index (χ2v) is 7.56. The van der Waals surface area contributed by atoms with Crippen molar-refractivity contribution < 1.29 is 14.3 Å². The van der Waals surface area contributed by atoms with Gasteiger partial charge in [-0.2, -0.15) is 0 Å². The standard InChI is InChI=1S/C27H22N2O3/c1-18-14-26-24(17-25(18)28-2)27(12-13-29-26)32-23-10-6-20(7-11-23)16-21(30)15-19-4-8-22(31-3)9-5-19/h4-14,17H,15-16H2,1,3H3. The van der Waals surface area contributed by atoms with E-state index in [1.807, 2.05) is 67.6 Å². The first-order chi connectivity index (χ1) is 15.6. The molecular formula is C27H22N2O3. The molecule has 0 N–H and O–H groups in total. The number of benzene rings is 3. The minimum Gasteiger partial charge on any atom is -0.497 e. The van der Waals surface area contributed by atoms with Crippen LogP contribution in [-0.4, -0.2) is 17.9 Å². The van der Waals surface area contributed by atoms with Gasteiger partial charge in [0.2, 0.25) is 0 Å². The minimum atomic E-state index is 0.144. The summed E-state index contributed by atoms with van der Waals surface area (Å²) in [5.74, 6) is 2.22. The van der Waals surface area contributed by atoms with Crippen molar-refractivity contribution in [3.8, 4) is 17.2 Å². The van der Waals surface area contributed by atoms with Crippen LogP contribution in [0.25, 0.3) is 15.7 Å². The second kappa shape index (κ2) is 9.32. The van der Waals surface area contributed by atoms with Crippen LogP contribution in [0, 0.1) is 13.5 Å². The van der Waals surface area contributed by atoms with Crippen molar-refractivity contribution in [3.63, 3.8) is 0 Å². The summed E-state index contributed by atoms with van der Waals surface area (Å²) < 4.78 is 11.2. The van der Waals surface area contributed by atoms with Crippen LogP contribution >= 0.6 is 0 Å². The van der Waals surface area contributed by atoms with Gasteiger partial charge >= 0.3 is 0 Å². The number of nitrogens with zero attached hydrogens (tertiary/aromatic N) is 2. The Balaban J connectivity index is 1.45. The zero-order valence-electron chi connectivity index (χ0n) is 18.0. The number of carbonyl (C=O) groups excluding carboxylic acids is 1. The molecule has 0 amide bonds. The van der Waals surface area contributed by atoms with Crippen LogP contribution < -0.4 is 9.47 Å². The number of aromatic nitrogens is 1. The number of ether oxygens (including phenoxy) is 2. The van der Waals surface area contributed by atoms with Crippen molar-refractivity contribution >= 4 is 22.4 Å². The monoisotopic (exact) mass is 422 g/mol. The van der Waals surface area contributed by atoms with E-state index in [4.69, 9.17) is 16.0 Å². The van der Waals surface area contributed by atoms with Gasteiger partial charge in [-0.3, -0.25) is 9.78 Å². The predicted molar refractivity (Wildman–Crippen MR) is 125 cm³/mol. The second-order valence-electron chi connectivity index (χ2n) is 7.56. The Bertz CT molecular complexity index is 1300. The Hall–Kier alpha value is -4.17. The Kier molecular flexibility index (Phi) is 6.14. The highest BCUT2D eigenvalue weighted by Crippen LogP contribution is 2.33. The molecule has 0 aliphatic rings. The van der Waals surface area contributed by atoms with Gasteiger partial charge in [0.05, 0.1) is 19.2 Å². The van der Waals surface area contributed by atoms with E-state index in [0.29, 0.717) is 30.0 Å². The highest BCUT2D eigenvalue weighted by Gasteiger charge is 2.10. The number of Topliss-reactive ketones (excluding diaryl/α,β-unsaturated/α-hetero) is 1. The third kappa shape index (κ3) is 4.76. The summed E-state index contributed by atoms with van der Waals surface area (Å²) in [4.78, 5) is 20.4. The number of hydrogen-bond acceptors (Lipinski definition) is 4. The number of fused-ring (bicyclic) bond motifs is 1. The number of rotatable bonds is 7. The molecule has 0 aliphatic carbocycles. The number of pyridine rings is 1. The largest absolute Gasteiger partial charge is 0.497 e. The predicted octanol–water partition coefficient (Wildman–Crippen LogP) is 6.25. The number of ketones is 1. The lowest BCUT2D eigenvalue weighted by atomic mass is 10.0. The minimum absolute atomic E-state index is 0.144. The van der Waals surface area contributed by atoms with Crippen LogP contribution in [-0.2, 0) is 17.6 Å². The molecule has 0 radical (unpaired) electrons. The summed E-state index contributed by atoms with van der Waals surface area (Å²) >= 11 is 0.